The van der Waals surface area contributed by atoms with Crippen molar-refractivity contribution in [3.05, 3.63) is 10.1 Å². The van der Waals surface area contributed by atoms with Gasteiger partial charge in [0.25, 0.3) is 0 Å². The molecule has 9 heavy (non-hydrogen) atoms. The van der Waals surface area contributed by atoms with Crippen molar-refractivity contribution >= 4 is 12.0 Å². The SMILES string of the molecule is CC(C)(C)SO[N+](=O)[O-]. The molecule has 0 spiro atoms. The topological polar surface area (TPSA) is 52.4 Å². The molecule has 54 valence electrons. The Morgan fingerprint density at radius 2 is 2.00 bits per heavy atom. The molecular weight excluding hydrogens is 142 g/mol. The summed E-state index contributed by atoms with van der Waals surface area (Å²) in [6.45, 7) is 5.50. The van der Waals surface area contributed by atoms with Crippen molar-refractivity contribution < 1.29 is 9.37 Å². The lowest BCUT2D eigenvalue weighted by Crippen LogP contribution is -2.09. The molecule has 0 aromatic carbocycles. The predicted molar refractivity (Wildman–Crippen MR) is 35.4 cm³/mol. The van der Waals surface area contributed by atoms with E-state index in [4.69, 9.17) is 0 Å². The molecule has 0 N–H and O–H groups in total. The normalized spacial score (nSPS) is 11.0. The van der Waals surface area contributed by atoms with Crippen LogP contribution in [-0.2, 0) is 4.28 Å². The third kappa shape index (κ3) is 7.55. The zero-order valence-electron chi connectivity index (χ0n) is 5.58. The molecule has 5 heteroatoms. The molecule has 0 saturated heterocycles. The molecule has 0 heterocycles. The average Bonchev–Trinajstić information content (AvgIpc) is 1.59. The zero-order chi connectivity index (χ0) is 7.49. The van der Waals surface area contributed by atoms with Crippen LogP contribution < -0.4 is 0 Å². The summed E-state index contributed by atoms with van der Waals surface area (Å²) >= 11 is 0.843. The van der Waals surface area contributed by atoms with Gasteiger partial charge in [-0.2, -0.15) is 0 Å². The summed E-state index contributed by atoms with van der Waals surface area (Å²) < 4.78 is 3.83. The van der Waals surface area contributed by atoms with E-state index in [2.05, 4.69) is 4.28 Å². The molecule has 0 aromatic rings. The van der Waals surface area contributed by atoms with Crippen molar-refractivity contribution in [3.63, 3.8) is 0 Å². The van der Waals surface area contributed by atoms with Gasteiger partial charge in [-0.1, -0.05) is 0 Å². The van der Waals surface area contributed by atoms with Crippen LogP contribution in [0.15, 0.2) is 0 Å². The quantitative estimate of drug-likeness (QED) is 0.342. The van der Waals surface area contributed by atoms with Crippen molar-refractivity contribution in [1.82, 2.24) is 0 Å². The van der Waals surface area contributed by atoms with Gasteiger partial charge in [0, 0.05) is 16.8 Å². The summed E-state index contributed by atoms with van der Waals surface area (Å²) in [5.74, 6) is 0. The van der Waals surface area contributed by atoms with Gasteiger partial charge in [0.15, 0.2) is 0 Å². The maximum absolute atomic E-state index is 9.61. The smallest absolute Gasteiger partial charge is 0.241 e. The van der Waals surface area contributed by atoms with Gasteiger partial charge in [-0.3, -0.25) is 0 Å². The molecule has 0 atom stereocenters. The van der Waals surface area contributed by atoms with Gasteiger partial charge in [0.05, 0.1) is 0 Å². The molecule has 4 nitrogen and oxygen atoms in total. The molecule has 0 amide bonds. The lowest BCUT2D eigenvalue weighted by Gasteiger charge is -2.12. The first kappa shape index (κ1) is 8.55. The molecular formula is C4H9NO3S. The van der Waals surface area contributed by atoms with Crippen molar-refractivity contribution in [2.24, 2.45) is 0 Å². The second kappa shape index (κ2) is 2.91. The van der Waals surface area contributed by atoms with Crippen LogP contribution in [0.5, 0.6) is 0 Å². The molecule has 0 fully saturated rings. The highest BCUT2D eigenvalue weighted by Crippen LogP contribution is 2.23. The van der Waals surface area contributed by atoms with Crippen LogP contribution >= 0.6 is 12.0 Å². The molecule has 0 bridgehead atoms. The van der Waals surface area contributed by atoms with E-state index in [9.17, 15) is 10.1 Å². The summed E-state index contributed by atoms with van der Waals surface area (Å²) in [6, 6.07) is 0. The highest BCUT2D eigenvalue weighted by molar-refractivity contribution is 7.95. The van der Waals surface area contributed by atoms with E-state index >= 15 is 0 Å². The first-order valence-corrected chi connectivity index (χ1v) is 3.16. The Bertz CT molecular complexity index is 109. The first-order valence-electron chi connectivity index (χ1n) is 2.42. The van der Waals surface area contributed by atoms with Gasteiger partial charge in [0.1, 0.15) is 0 Å². The van der Waals surface area contributed by atoms with Crippen LogP contribution in [0.2, 0.25) is 0 Å². The molecule has 0 aliphatic rings. The number of nitrogens with zero attached hydrogens (tertiary/aromatic N) is 1. The Balaban J connectivity index is 3.39. The van der Waals surface area contributed by atoms with Crippen LogP contribution in [0.25, 0.3) is 0 Å². The second-order valence-corrected chi connectivity index (χ2v) is 4.03. The zero-order valence-corrected chi connectivity index (χ0v) is 6.40. The maximum atomic E-state index is 9.61. The fourth-order valence-electron chi connectivity index (χ4n) is 0.142. The number of hydrogen-bond acceptors (Lipinski definition) is 4. The minimum absolute atomic E-state index is 0.215. The number of hydrogen-bond donors (Lipinski definition) is 0. The van der Waals surface area contributed by atoms with Gasteiger partial charge in [-0.25, -0.2) is 4.28 Å². The summed E-state index contributed by atoms with van der Waals surface area (Å²) in [5, 5.41) is 8.80. The van der Waals surface area contributed by atoms with Crippen molar-refractivity contribution in [2.75, 3.05) is 0 Å². The summed E-state index contributed by atoms with van der Waals surface area (Å²) in [6.07, 6.45) is 0. The largest absolute Gasteiger partial charge is 0.306 e. The highest BCUT2D eigenvalue weighted by Gasteiger charge is 2.13. The molecule has 0 saturated carbocycles. The molecule has 0 rings (SSSR count). The van der Waals surface area contributed by atoms with Gasteiger partial charge in [-0.05, 0) is 20.8 Å². The second-order valence-electron chi connectivity index (χ2n) is 2.49. The van der Waals surface area contributed by atoms with Crippen LogP contribution in [-0.4, -0.2) is 9.83 Å². The third-order valence-corrected chi connectivity index (χ3v) is 1.04. The fraction of sp³-hybridized carbons (Fsp3) is 1.00. The van der Waals surface area contributed by atoms with E-state index in [0.29, 0.717) is 0 Å². The van der Waals surface area contributed by atoms with Crippen molar-refractivity contribution in [1.29, 1.82) is 0 Å². The van der Waals surface area contributed by atoms with Crippen molar-refractivity contribution in [2.45, 2.75) is 25.5 Å². The summed E-state index contributed by atoms with van der Waals surface area (Å²) in [7, 11) is 0. The molecule has 0 aromatic heterocycles. The Labute approximate surface area is 57.9 Å². The minimum Gasteiger partial charge on any atom is -0.241 e. The Hall–Kier alpha value is -0.450. The molecule has 0 radical (unpaired) electrons. The fourth-order valence-corrected chi connectivity index (χ4v) is 0.427. The number of rotatable bonds is 2. The lowest BCUT2D eigenvalue weighted by atomic mass is 10.3. The highest BCUT2D eigenvalue weighted by atomic mass is 32.2. The van der Waals surface area contributed by atoms with Crippen LogP contribution in [0.3, 0.4) is 0 Å². The van der Waals surface area contributed by atoms with Crippen LogP contribution in [0.4, 0.5) is 0 Å². The maximum Gasteiger partial charge on any atom is 0.306 e. The summed E-state index contributed by atoms with van der Waals surface area (Å²) in [4.78, 5) is 9.61. The van der Waals surface area contributed by atoms with E-state index in [-0.39, 0.29) is 4.75 Å². The van der Waals surface area contributed by atoms with Crippen LogP contribution in [0.1, 0.15) is 20.8 Å². The minimum atomic E-state index is -0.810. The first-order chi connectivity index (χ1) is 3.92. The molecule has 0 unspecified atom stereocenters. The lowest BCUT2D eigenvalue weighted by molar-refractivity contribution is -0.707. The van der Waals surface area contributed by atoms with E-state index in [1.54, 1.807) is 0 Å². The molecule has 0 aliphatic carbocycles. The Morgan fingerprint density at radius 3 is 2.11 bits per heavy atom. The molecule has 0 aliphatic heterocycles. The van der Waals surface area contributed by atoms with E-state index in [1.165, 1.54) is 0 Å². The van der Waals surface area contributed by atoms with Gasteiger partial charge in [-0.15, -0.1) is 10.1 Å². The Kier molecular flexibility index (Phi) is 2.76. The average molecular weight is 151 g/mol. The Morgan fingerprint density at radius 1 is 1.56 bits per heavy atom. The monoisotopic (exact) mass is 151 g/mol. The van der Waals surface area contributed by atoms with Gasteiger partial charge < -0.3 is 0 Å². The van der Waals surface area contributed by atoms with Gasteiger partial charge in [0.2, 0.25) is 0 Å². The van der Waals surface area contributed by atoms with E-state index in [1.807, 2.05) is 20.8 Å². The predicted octanol–water partition coefficient (Wildman–Crippen LogP) is 1.64. The standard InChI is InChI=1S/C4H9NO3S/c1-4(2,3)9-8-5(6)7/h1-3H3. The summed E-state index contributed by atoms with van der Waals surface area (Å²) in [5.41, 5.74) is 0. The third-order valence-electron chi connectivity index (χ3n) is 0.348. The van der Waals surface area contributed by atoms with E-state index in [0.717, 1.165) is 12.0 Å². The van der Waals surface area contributed by atoms with Crippen molar-refractivity contribution in [3.8, 4) is 0 Å². The van der Waals surface area contributed by atoms with Gasteiger partial charge >= 0.3 is 5.09 Å². The van der Waals surface area contributed by atoms with E-state index < -0.39 is 5.09 Å². The van der Waals surface area contributed by atoms with Crippen LogP contribution in [0, 0.1) is 10.1 Å².